The lowest BCUT2D eigenvalue weighted by Gasteiger charge is -2.18. The molecule has 0 aliphatic heterocycles. The van der Waals surface area contributed by atoms with Gasteiger partial charge < -0.3 is 19.3 Å². The zero-order valence-corrected chi connectivity index (χ0v) is 17.3. The average molecular weight is 430 g/mol. The maximum absolute atomic E-state index is 12.4. The number of aliphatic hydroxyl groups is 1. The molecule has 2 aromatic carbocycles. The summed E-state index contributed by atoms with van der Waals surface area (Å²) in [5.74, 6) is 0.572. The van der Waals surface area contributed by atoms with Crippen molar-refractivity contribution in [2.45, 2.75) is 19.4 Å². The van der Waals surface area contributed by atoms with E-state index in [0.29, 0.717) is 22.7 Å². The summed E-state index contributed by atoms with van der Waals surface area (Å²) in [6.07, 6.45) is 0.388. The lowest BCUT2D eigenvalue weighted by Crippen LogP contribution is -2.20. The number of nitrogens with one attached hydrogen (secondary N) is 2. The highest BCUT2D eigenvalue weighted by Crippen LogP contribution is 2.26. The maximum atomic E-state index is 12.4. The molecule has 0 aromatic heterocycles. The number of carbonyl (C=O) groups is 2. The van der Waals surface area contributed by atoms with Crippen molar-refractivity contribution >= 4 is 17.7 Å². The monoisotopic (exact) mass is 430 g/mol. The van der Waals surface area contributed by atoms with E-state index < -0.39 is 18.1 Å². The van der Waals surface area contributed by atoms with Crippen LogP contribution in [0.3, 0.4) is 0 Å². The SMILES string of the molecule is COc1ccc(NC(=O)O[C@H](C/C=C(\C)C(=O)NO)c2ccc(OCCO)cc2)cc1. The predicted octanol–water partition coefficient (Wildman–Crippen LogP) is 3.20. The summed E-state index contributed by atoms with van der Waals surface area (Å²) >= 11 is 0. The minimum absolute atomic E-state index is 0.101. The standard InChI is InChI=1S/C22H26N2O7/c1-15(21(26)24-28)3-12-20(16-4-8-19(9-5-16)30-14-13-25)31-22(27)23-17-6-10-18(29-2)11-7-17/h3-11,20,25,28H,12-14H2,1-2H3,(H,23,27)(H,24,26)/b15-3+/t20-/m1/s1. The summed E-state index contributed by atoms with van der Waals surface area (Å²) in [6, 6.07) is 13.6. The topological polar surface area (TPSA) is 126 Å². The maximum Gasteiger partial charge on any atom is 0.412 e. The van der Waals surface area contributed by atoms with E-state index in [4.69, 9.17) is 24.5 Å². The van der Waals surface area contributed by atoms with Gasteiger partial charge in [-0.1, -0.05) is 18.2 Å². The van der Waals surface area contributed by atoms with Gasteiger partial charge in [-0.15, -0.1) is 0 Å². The van der Waals surface area contributed by atoms with Crippen LogP contribution in [0.15, 0.2) is 60.2 Å². The van der Waals surface area contributed by atoms with Gasteiger partial charge in [0.2, 0.25) is 0 Å². The van der Waals surface area contributed by atoms with Gasteiger partial charge >= 0.3 is 6.09 Å². The predicted molar refractivity (Wildman–Crippen MR) is 113 cm³/mol. The average Bonchev–Trinajstić information content (AvgIpc) is 2.80. The molecule has 0 aliphatic carbocycles. The van der Waals surface area contributed by atoms with E-state index in [-0.39, 0.29) is 25.2 Å². The summed E-state index contributed by atoms with van der Waals surface area (Å²) in [5.41, 5.74) is 3.04. The molecular formula is C22H26N2O7. The van der Waals surface area contributed by atoms with Gasteiger partial charge in [0.15, 0.2) is 0 Å². The van der Waals surface area contributed by atoms with Crippen LogP contribution in [-0.4, -0.2) is 42.6 Å². The second-order valence-electron chi connectivity index (χ2n) is 6.45. The van der Waals surface area contributed by atoms with Crippen molar-refractivity contribution in [3.63, 3.8) is 0 Å². The van der Waals surface area contributed by atoms with Gasteiger partial charge in [0.1, 0.15) is 24.2 Å². The lowest BCUT2D eigenvalue weighted by atomic mass is 10.0. The van der Waals surface area contributed by atoms with Gasteiger partial charge in [-0.25, -0.2) is 10.3 Å². The Kier molecular flexibility index (Phi) is 9.34. The number of hydrogen-bond donors (Lipinski definition) is 4. The van der Waals surface area contributed by atoms with E-state index in [1.54, 1.807) is 67.2 Å². The number of anilines is 1. The van der Waals surface area contributed by atoms with Crippen LogP contribution < -0.4 is 20.3 Å². The fraction of sp³-hybridized carbons (Fsp3) is 0.273. The minimum atomic E-state index is -0.702. The number of carbonyl (C=O) groups excluding carboxylic acids is 2. The summed E-state index contributed by atoms with van der Waals surface area (Å²) in [7, 11) is 1.55. The molecule has 0 saturated carbocycles. The highest BCUT2D eigenvalue weighted by atomic mass is 16.6. The first kappa shape index (κ1) is 23.7. The van der Waals surface area contributed by atoms with E-state index in [2.05, 4.69) is 5.32 Å². The number of hydrogen-bond acceptors (Lipinski definition) is 7. The van der Waals surface area contributed by atoms with E-state index >= 15 is 0 Å². The Morgan fingerprint density at radius 3 is 2.29 bits per heavy atom. The van der Waals surface area contributed by atoms with E-state index in [1.807, 2.05) is 0 Å². The Labute approximate surface area is 180 Å². The molecule has 1 atom stereocenters. The molecule has 9 heteroatoms. The van der Waals surface area contributed by atoms with Crippen molar-refractivity contribution in [2.24, 2.45) is 0 Å². The molecule has 9 nitrogen and oxygen atoms in total. The smallest absolute Gasteiger partial charge is 0.412 e. The molecule has 0 unspecified atom stereocenters. The van der Waals surface area contributed by atoms with Crippen molar-refractivity contribution in [1.82, 2.24) is 5.48 Å². The number of methoxy groups -OCH3 is 1. The number of rotatable bonds is 10. The molecule has 2 aromatic rings. The van der Waals surface area contributed by atoms with Gasteiger partial charge in [0.25, 0.3) is 5.91 Å². The highest BCUT2D eigenvalue weighted by Gasteiger charge is 2.17. The quantitative estimate of drug-likeness (QED) is 0.259. The molecule has 166 valence electrons. The zero-order chi connectivity index (χ0) is 22.6. The number of amides is 2. The van der Waals surface area contributed by atoms with E-state index in [9.17, 15) is 9.59 Å². The van der Waals surface area contributed by atoms with Crippen LogP contribution in [0.2, 0.25) is 0 Å². The number of aliphatic hydroxyl groups excluding tert-OH is 1. The Morgan fingerprint density at radius 1 is 1.06 bits per heavy atom. The van der Waals surface area contributed by atoms with Gasteiger partial charge in [0.05, 0.1) is 13.7 Å². The number of benzene rings is 2. The molecule has 0 radical (unpaired) electrons. The molecule has 0 aliphatic rings. The van der Waals surface area contributed by atoms with E-state index in [1.165, 1.54) is 6.92 Å². The van der Waals surface area contributed by atoms with Crippen LogP contribution in [0.25, 0.3) is 0 Å². The molecule has 31 heavy (non-hydrogen) atoms. The second kappa shape index (κ2) is 12.2. The molecule has 0 fully saturated rings. The molecule has 0 spiro atoms. The summed E-state index contributed by atoms with van der Waals surface area (Å²) in [5, 5.41) is 20.3. The Bertz CT molecular complexity index is 880. The third-order valence-corrected chi connectivity index (χ3v) is 4.30. The van der Waals surface area contributed by atoms with Gasteiger partial charge in [-0.3, -0.25) is 15.3 Å². The third-order valence-electron chi connectivity index (χ3n) is 4.30. The van der Waals surface area contributed by atoms with Crippen molar-refractivity contribution in [2.75, 3.05) is 25.6 Å². The van der Waals surface area contributed by atoms with Crippen LogP contribution in [0, 0.1) is 0 Å². The first-order valence-corrected chi connectivity index (χ1v) is 9.53. The van der Waals surface area contributed by atoms with Crippen molar-refractivity contribution in [3.05, 3.63) is 65.7 Å². The fourth-order valence-electron chi connectivity index (χ4n) is 2.61. The normalized spacial score (nSPS) is 11.9. The van der Waals surface area contributed by atoms with Crippen LogP contribution in [0.1, 0.15) is 25.0 Å². The first-order chi connectivity index (χ1) is 15.0. The minimum Gasteiger partial charge on any atom is -0.497 e. The van der Waals surface area contributed by atoms with Crippen LogP contribution in [0.4, 0.5) is 10.5 Å². The molecule has 0 saturated heterocycles. The van der Waals surface area contributed by atoms with Crippen LogP contribution >= 0.6 is 0 Å². The third kappa shape index (κ3) is 7.65. The van der Waals surface area contributed by atoms with Gasteiger partial charge in [-0.05, 0) is 48.9 Å². The lowest BCUT2D eigenvalue weighted by molar-refractivity contribution is -0.125. The van der Waals surface area contributed by atoms with Crippen LogP contribution in [-0.2, 0) is 9.53 Å². The number of ether oxygens (including phenoxy) is 3. The largest absolute Gasteiger partial charge is 0.497 e. The van der Waals surface area contributed by atoms with E-state index in [0.717, 1.165) is 0 Å². The van der Waals surface area contributed by atoms with Crippen molar-refractivity contribution in [3.8, 4) is 11.5 Å². The Balaban J connectivity index is 2.13. The Hall–Kier alpha value is -3.56. The molecular weight excluding hydrogens is 404 g/mol. The van der Waals surface area contributed by atoms with Gasteiger partial charge in [0, 0.05) is 17.7 Å². The molecule has 0 heterocycles. The van der Waals surface area contributed by atoms with Crippen LogP contribution in [0.5, 0.6) is 11.5 Å². The summed E-state index contributed by atoms with van der Waals surface area (Å²) in [4.78, 5) is 24.0. The fourth-order valence-corrected chi connectivity index (χ4v) is 2.61. The molecule has 2 amide bonds. The first-order valence-electron chi connectivity index (χ1n) is 9.53. The highest BCUT2D eigenvalue weighted by molar-refractivity contribution is 5.91. The summed E-state index contributed by atoms with van der Waals surface area (Å²) < 4.78 is 16.0. The second-order valence-corrected chi connectivity index (χ2v) is 6.45. The molecule has 2 rings (SSSR count). The zero-order valence-electron chi connectivity index (χ0n) is 17.3. The molecule has 0 bridgehead atoms. The van der Waals surface area contributed by atoms with Crippen molar-refractivity contribution in [1.29, 1.82) is 0 Å². The van der Waals surface area contributed by atoms with Crippen molar-refractivity contribution < 1.29 is 34.1 Å². The summed E-state index contributed by atoms with van der Waals surface area (Å²) in [6.45, 7) is 1.60. The number of hydroxylamine groups is 1. The molecule has 4 N–H and O–H groups in total. The van der Waals surface area contributed by atoms with Gasteiger partial charge in [-0.2, -0.15) is 0 Å². The Morgan fingerprint density at radius 2 is 1.71 bits per heavy atom.